The van der Waals surface area contributed by atoms with Gasteiger partial charge in [-0.25, -0.2) is 4.90 Å². The summed E-state index contributed by atoms with van der Waals surface area (Å²) in [7, 11) is 0. The number of para-hydroxylation sites is 1. The van der Waals surface area contributed by atoms with Gasteiger partial charge in [-0.15, -0.1) is 0 Å². The number of hydrogen-bond acceptors (Lipinski definition) is 5. The van der Waals surface area contributed by atoms with E-state index in [0.29, 0.717) is 27.7 Å². The van der Waals surface area contributed by atoms with E-state index in [-0.39, 0.29) is 42.5 Å². The first kappa shape index (κ1) is 22.6. The second kappa shape index (κ2) is 8.87. The maximum Gasteiger partial charge on any atom is 0.316 e. The molecule has 5 rings (SSSR count). The third-order valence-corrected chi connectivity index (χ3v) is 7.39. The molecule has 0 unspecified atom stereocenters. The summed E-state index contributed by atoms with van der Waals surface area (Å²) in [4.78, 5) is 53.9. The van der Waals surface area contributed by atoms with E-state index in [1.54, 1.807) is 49.4 Å². The number of anilines is 2. The summed E-state index contributed by atoms with van der Waals surface area (Å²) in [5.41, 5.74) is 1.78. The maximum atomic E-state index is 12.9. The van der Waals surface area contributed by atoms with Crippen molar-refractivity contribution in [2.45, 2.75) is 39.0 Å². The van der Waals surface area contributed by atoms with Crippen molar-refractivity contribution in [1.29, 1.82) is 0 Å². The number of amides is 3. The molecule has 0 radical (unpaired) electrons. The van der Waals surface area contributed by atoms with E-state index in [0.717, 1.165) is 25.7 Å². The molecular weight excluding hydrogens is 456 g/mol. The molecule has 3 fully saturated rings. The van der Waals surface area contributed by atoms with Gasteiger partial charge in [0.2, 0.25) is 17.7 Å². The number of fused-ring (bicyclic) bond motifs is 1. The normalized spacial score (nSPS) is 24.5. The van der Waals surface area contributed by atoms with E-state index >= 15 is 0 Å². The standard InChI is InChI=1S/C26H25ClN2O5/c1-15-12-17(10-11-21(15)29-24(31)18-6-2-3-7-19(18)25(29)32)34-26(33)16-13-23(30)28(14-16)22-9-5-4-8-20(22)27/h4-5,8-12,16,18-19H,2-3,6-7,13-14H2,1H3/t16-,18-,19+/m0/s1. The summed E-state index contributed by atoms with van der Waals surface area (Å²) < 4.78 is 5.57. The minimum atomic E-state index is -0.617. The lowest BCUT2D eigenvalue weighted by atomic mass is 9.81. The zero-order valence-electron chi connectivity index (χ0n) is 18.8. The van der Waals surface area contributed by atoms with Crippen LogP contribution < -0.4 is 14.5 Å². The van der Waals surface area contributed by atoms with Gasteiger partial charge in [0.15, 0.2) is 0 Å². The molecule has 3 aliphatic rings. The molecule has 1 aliphatic carbocycles. The quantitative estimate of drug-likeness (QED) is 0.370. The molecule has 3 amide bonds. The van der Waals surface area contributed by atoms with Gasteiger partial charge in [-0.1, -0.05) is 36.6 Å². The molecule has 34 heavy (non-hydrogen) atoms. The lowest BCUT2D eigenvalue weighted by Gasteiger charge is -2.19. The van der Waals surface area contributed by atoms with Gasteiger partial charge in [0.25, 0.3) is 0 Å². The molecule has 0 spiro atoms. The van der Waals surface area contributed by atoms with E-state index in [2.05, 4.69) is 0 Å². The Balaban J connectivity index is 1.29. The summed E-state index contributed by atoms with van der Waals surface area (Å²) in [5.74, 6) is -1.71. The molecule has 2 saturated heterocycles. The van der Waals surface area contributed by atoms with Crippen LogP contribution in [-0.4, -0.2) is 30.2 Å². The number of rotatable bonds is 4. The van der Waals surface area contributed by atoms with E-state index in [1.807, 2.05) is 0 Å². The van der Waals surface area contributed by atoms with Crippen LogP contribution in [0.3, 0.4) is 0 Å². The van der Waals surface area contributed by atoms with Crippen LogP contribution in [-0.2, 0) is 19.2 Å². The Morgan fingerprint density at radius 2 is 1.65 bits per heavy atom. The molecule has 0 bridgehead atoms. The molecule has 0 aromatic heterocycles. The van der Waals surface area contributed by atoms with Crippen molar-refractivity contribution in [3.63, 3.8) is 0 Å². The molecule has 7 nitrogen and oxygen atoms in total. The van der Waals surface area contributed by atoms with Crippen molar-refractivity contribution >= 4 is 46.7 Å². The Kier molecular flexibility index (Phi) is 5.90. The zero-order valence-corrected chi connectivity index (χ0v) is 19.6. The average molecular weight is 481 g/mol. The van der Waals surface area contributed by atoms with Gasteiger partial charge >= 0.3 is 5.97 Å². The van der Waals surface area contributed by atoms with Crippen LogP contribution in [0, 0.1) is 24.7 Å². The lowest BCUT2D eigenvalue weighted by Crippen LogP contribution is -2.31. The number of esters is 1. The number of imide groups is 1. The van der Waals surface area contributed by atoms with Crippen molar-refractivity contribution in [3.05, 3.63) is 53.1 Å². The molecule has 2 aliphatic heterocycles. The van der Waals surface area contributed by atoms with Crippen LogP contribution >= 0.6 is 11.6 Å². The number of ether oxygens (including phenoxy) is 1. The Morgan fingerprint density at radius 1 is 0.971 bits per heavy atom. The van der Waals surface area contributed by atoms with Crippen molar-refractivity contribution < 1.29 is 23.9 Å². The highest BCUT2D eigenvalue weighted by Gasteiger charge is 2.49. The van der Waals surface area contributed by atoms with Gasteiger partial charge < -0.3 is 9.64 Å². The minimum Gasteiger partial charge on any atom is -0.426 e. The van der Waals surface area contributed by atoms with Gasteiger partial charge in [0.05, 0.1) is 34.2 Å². The van der Waals surface area contributed by atoms with Crippen molar-refractivity contribution in [2.75, 3.05) is 16.3 Å². The third kappa shape index (κ3) is 3.88. The van der Waals surface area contributed by atoms with Gasteiger partial charge in [0.1, 0.15) is 5.75 Å². The molecule has 1 saturated carbocycles. The molecule has 176 valence electrons. The predicted molar refractivity (Wildman–Crippen MR) is 127 cm³/mol. The summed E-state index contributed by atoms with van der Waals surface area (Å²) >= 11 is 6.21. The first-order valence-corrected chi connectivity index (χ1v) is 12.0. The second-order valence-electron chi connectivity index (χ2n) is 9.24. The molecule has 2 aromatic rings. The first-order chi connectivity index (χ1) is 16.3. The van der Waals surface area contributed by atoms with Crippen LogP contribution in [0.25, 0.3) is 0 Å². The molecule has 3 atom stereocenters. The predicted octanol–water partition coefficient (Wildman–Crippen LogP) is 4.29. The minimum absolute atomic E-state index is 0.0423. The average Bonchev–Trinajstić information content (AvgIpc) is 3.33. The highest BCUT2D eigenvalue weighted by molar-refractivity contribution is 6.34. The van der Waals surface area contributed by atoms with Gasteiger partial charge in [-0.05, 0) is 55.7 Å². The molecule has 8 heteroatoms. The summed E-state index contributed by atoms with van der Waals surface area (Å²) in [5, 5.41) is 0.446. The van der Waals surface area contributed by atoms with Crippen LogP contribution in [0.4, 0.5) is 11.4 Å². The van der Waals surface area contributed by atoms with Crippen molar-refractivity contribution in [2.24, 2.45) is 17.8 Å². The Labute approximate surface area is 202 Å². The smallest absolute Gasteiger partial charge is 0.316 e. The number of carbonyl (C=O) groups is 4. The third-order valence-electron chi connectivity index (χ3n) is 7.07. The lowest BCUT2D eigenvalue weighted by molar-refractivity contribution is -0.139. The zero-order chi connectivity index (χ0) is 24.0. The molecular formula is C26H25ClN2O5. The monoisotopic (exact) mass is 480 g/mol. The van der Waals surface area contributed by atoms with E-state index in [4.69, 9.17) is 16.3 Å². The Morgan fingerprint density at radius 3 is 2.29 bits per heavy atom. The fourth-order valence-electron chi connectivity index (χ4n) is 5.31. The van der Waals surface area contributed by atoms with E-state index < -0.39 is 11.9 Å². The largest absolute Gasteiger partial charge is 0.426 e. The van der Waals surface area contributed by atoms with Crippen molar-refractivity contribution in [3.8, 4) is 5.75 Å². The summed E-state index contributed by atoms with van der Waals surface area (Å²) in [6, 6.07) is 11.9. The van der Waals surface area contributed by atoms with Gasteiger partial charge in [-0.2, -0.15) is 0 Å². The van der Waals surface area contributed by atoms with Gasteiger partial charge in [-0.3, -0.25) is 19.2 Å². The fourth-order valence-corrected chi connectivity index (χ4v) is 5.55. The number of benzene rings is 2. The fraction of sp³-hybridized carbons (Fsp3) is 0.385. The molecule has 0 N–H and O–H groups in total. The second-order valence-corrected chi connectivity index (χ2v) is 9.64. The highest BCUT2D eigenvalue weighted by Crippen LogP contribution is 2.41. The number of nitrogens with zero attached hydrogens (tertiary/aromatic N) is 2. The van der Waals surface area contributed by atoms with E-state index in [1.165, 1.54) is 9.80 Å². The van der Waals surface area contributed by atoms with Crippen LogP contribution in [0.1, 0.15) is 37.7 Å². The van der Waals surface area contributed by atoms with E-state index in [9.17, 15) is 19.2 Å². The van der Waals surface area contributed by atoms with Crippen molar-refractivity contribution in [1.82, 2.24) is 0 Å². The Bertz CT molecular complexity index is 1170. The van der Waals surface area contributed by atoms with Crippen LogP contribution in [0.15, 0.2) is 42.5 Å². The molecule has 2 aromatic carbocycles. The van der Waals surface area contributed by atoms with Gasteiger partial charge in [0, 0.05) is 13.0 Å². The number of carbonyl (C=O) groups excluding carboxylic acids is 4. The molecule has 2 heterocycles. The van der Waals surface area contributed by atoms with Crippen LogP contribution in [0.2, 0.25) is 5.02 Å². The SMILES string of the molecule is Cc1cc(OC(=O)[C@H]2CC(=O)N(c3ccccc3Cl)C2)ccc1N1C(=O)[C@H]2CCCC[C@H]2C1=O. The maximum absolute atomic E-state index is 12.9. The number of hydrogen-bond donors (Lipinski definition) is 0. The van der Waals surface area contributed by atoms with Crippen LogP contribution in [0.5, 0.6) is 5.75 Å². The first-order valence-electron chi connectivity index (χ1n) is 11.6. The topological polar surface area (TPSA) is 84.0 Å². The summed E-state index contributed by atoms with van der Waals surface area (Å²) in [6.07, 6.45) is 3.50. The highest BCUT2D eigenvalue weighted by atomic mass is 35.5. The number of halogens is 1. The number of aryl methyl sites for hydroxylation is 1. The Hall–Kier alpha value is -3.19. The summed E-state index contributed by atoms with van der Waals surface area (Å²) in [6.45, 7) is 1.98.